The van der Waals surface area contributed by atoms with Crippen LogP contribution in [0, 0.1) is 11.8 Å². The van der Waals surface area contributed by atoms with Gasteiger partial charge in [-0.3, -0.25) is 0 Å². The maximum Gasteiger partial charge on any atom is 0.303 e. The Morgan fingerprint density at radius 2 is 2.05 bits per heavy atom. The van der Waals surface area contributed by atoms with Crippen LogP contribution in [0.3, 0.4) is 0 Å². The van der Waals surface area contributed by atoms with Crippen LogP contribution in [0.5, 0.6) is 0 Å². The number of fused-ring (bicyclic) bond motifs is 1. The molecule has 21 heavy (non-hydrogen) atoms. The zero-order chi connectivity index (χ0) is 15.0. The average Bonchev–Trinajstić information content (AvgIpc) is 2.78. The largest absolute Gasteiger partial charge is 0.311 e. The third-order valence-corrected chi connectivity index (χ3v) is 6.57. The molecule has 2 atom stereocenters. The molecule has 2 N–H and O–H groups in total. The second kappa shape index (κ2) is 5.83. The minimum Gasteiger partial charge on any atom is -0.311 e. The average molecular weight is 330 g/mol. The summed E-state index contributed by atoms with van der Waals surface area (Å²) in [5.41, 5.74) is 1.02. The zero-order valence-electron chi connectivity index (χ0n) is 12.4. The van der Waals surface area contributed by atoms with Crippen LogP contribution in [0.2, 0.25) is 0 Å². The summed E-state index contributed by atoms with van der Waals surface area (Å²) in [5.74, 6) is 0.804. The van der Waals surface area contributed by atoms with Gasteiger partial charge in [-0.2, -0.15) is 12.7 Å². The van der Waals surface area contributed by atoms with Crippen LogP contribution in [0.1, 0.15) is 30.8 Å². The molecule has 6 nitrogen and oxygen atoms in total. The number of nitrogens with one attached hydrogen (secondary N) is 2. The van der Waals surface area contributed by atoms with Gasteiger partial charge in [0.05, 0.1) is 5.69 Å². The minimum absolute atomic E-state index is 0.402. The van der Waals surface area contributed by atoms with E-state index in [1.54, 1.807) is 4.31 Å². The van der Waals surface area contributed by atoms with Gasteiger partial charge in [0.2, 0.25) is 0 Å². The smallest absolute Gasteiger partial charge is 0.303 e. The van der Waals surface area contributed by atoms with Crippen molar-refractivity contribution < 1.29 is 8.42 Å². The Hall–Kier alpha value is -0.700. The van der Waals surface area contributed by atoms with Gasteiger partial charge in [0.1, 0.15) is 0 Å². The highest BCUT2D eigenvalue weighted by molar-refractivity contribution is 7.90. The predicted octanol–water partition coefficient (Wildman–Crippen LogP) is 1.42. The summed E-state index contributed by atoms with van der Waals surface area (Å²) in [4.78, 5) is 5.57. The summed E-state index contributed by atoms with van der Waals surface area (Å²) in [6, 6.07) is 0. The molecule has 0 saturated carbocycles. The van der Waals surface area contributed by atoms with Crippen LogP contribution >= 0.6 is 11.3 Å². The lowest BCUT2D eigenvalue weighted by molar-refractivity contribution is 0.223. The molecule has 8 heteroatoms. The lowest BCUT2D eigenvalue weighted by atomic mass is 9.94. The predicted molar refractivity (Wildman–Crippen MR) is 84.6 cm³/mol. The molecule has 0 radical (unpaired) electrons. The van der Waals surface area contributed by atoms with Crippen molar-refractivity contribution in [2.75, 3.05) is 24.4 Å². The lowest BCUT2D eigenvalue weighted by Crippen LogP contribution is -2.45. The molecule has 1 fully saturated rings. The quantitative estimate of drug-likeness (QED) is 0.879. The standard InChI is InChI=1S/C13H22N4O2S2/c1-9-5-10(2)8-17(7-9)21(18,19)16-13-15-11-3-4-14-6-12(11)20-13/h9-10,14H,3-8H2,1-2H3,(H,15,16). The summed E-state index contributed by atoms with van der Waals surface area (Å²) in [6.45, 7) is 7.08. The Balaban J connectivity index is 1.75. The molecule has 1 saturated heterocycles. The molecule has 1 aromatic heterocycles. The number of hydrogen-bond donors (Lipinski definition) is 2. The van der Waals surface area contributed by atoms with Crippen LogP contribution in [-0.2, 0) is 23.2 Å². The fourth-order valence-electron chi connectivity index (χ4n) is 3.15. The highest BCUT2D eigenvalue weighted by Gasteiger charge is 2.31. The molecular weight excluding hydrogens is 308 g/mol. The van der Waals surface area contributed by atoms with Gasteiger partial charge in [-0.1, -0.05) is 25.2 Å². The molecule has 3 heterocycles. The number of anilines is 1. The summed E-state index contributed by atoms with van der Waals surface area (Å²) in [7, 11) is -3.49. The van der Waals surface area contributed by atoms with Gasteiger partial charge >= 0.3 is 10.2 Å². The summed E-state index contributed by atoms with van der Waals surface area (Å²) in [5, 5.41) is 3.77. The van der Waals surface area contributed by atoms with E-state index in [0.29, 0.717) is 30.1 Å². The second-order valence-corrected chi connectivity index (χ2v) is 8.94. The van der Waals surface area contributed by atoms with Gasteiger partial charge in [-0.15, -0.1) is 0 Å². The minimum atomic E-state index is -3.49. The van der Waals surface area contributed by atoms with Crippen molar-refractivity contribution in [2.45, 2.75) is 33.2 Å². The van der Waals surface area contributed by atoms with E-state index < -0.39 is 10.2 Å². The number of aromatic nitrogens is 1. The SMILES string of the molecule is CC1CC(C)CN(S(=O)(=O)Nc2nc3c(s2)CNCC3)C1. The van der Waals surface area contributed by atoms with Crippen LogP contribution in [0.25, 0.3) is 0 Å². The first-order chi connectivity index (χ1) is 9.94. The third kappa shape index (κ3) is 3.39. The van der Waals surface area contributed by atoms with E-state index in [4.69, 9.17) is 0 Å². The van der Waals surface area contributed by atoms with Crippen molar-refractivity contribution >= 4 is 26.7 Å². The van der Waals surface area contributed by atoms with Crippen LogP contribution in [-0.4, -0.2) is 37.3 Å². The molecule has 2 aliphatic heterocycles. The molecule has 1 aromatic rings. The molecule has 0 bridgehead atoms. The first-order valence-electron chi connectivity index (χ1n) is 7.41. The fourth-order valence-corrected chi connectivity index (χ4v) is 5.75. The van der Waals surface area contributed by atoms with Crippen LogP contribution in [0.15, 0.2) is 0 Å². The van der Waals surface area contributed by atoms with Gasteiger partial charge in [0.25, 0.3) is 0 Å². The zero-order valence-corrected chi connectivity index (χ0v) is 14.1. The Morgan fingerprint density at radius 3 is 2.71 bits per heavy atom. The number of hydrogen-bond acceptors (Lipinski definition) is 5. The van der Waals surface area contributed by atoms with Crippen molar-refractivity contribution in [1.82, 2.24) is 14.6 Å². The molecular formula is C13H22N4O2S2. The maximum absolute atomic E-state index is 12.5. The molecule has 0 spiro atoms. The van der Waals surface area contributed by atoms with Crippen molar-refractivity contribution in [3.63, 3.8) is 0 Å². The van der Waals surface area contributed by atoms with Crippen LogP contribution in [0.4, 0.5) is 5.13 Å². The Bertz CT molecular complexity index is 580. The van der Waals surface area contributed by atoms with Gasteiger partial charge in [0.15, 0.2) is 5.13 Å². The van der Waals surface area contributed by atoms with Crippen LogP contribution < -0.4 is 10.0 Å². The van der Waals surface area contributed by atoms with Gasteiger partial charge in [-0.25, -0.2) is 9.71 Å². The van der Waals surface area contributed by atoms with E-state index in [1.807, 2.05) is 0 Å². The number of piperidine rings is 1. The van der Waals surface area contributed by atoms with E-state index >= 15 is 0 Å². The lowest BCUT2D eigenvalue weighted by Gasteiger charge is -2.33. The van der Waals surface area contributed by atoms with E-state index in [0.717, 1.165) is 36.5 Å². The highest BCUT2D eigenvalue weighted by atomic mass is 32.2. The summed E-state index contributed by atoms with van der Waals surface area (Å²) in [6.07, 6.45) is 1.95. The molecule has 118 valence electrons. The molecule has 2 aliphatic rings. The number of nitrogens with zero attached hydrogens (tertiary/aromatic N) is 2. The van der Waals surface area contributed by atoms with Gasteiger partial charge in [-0.05, 0) is 18.3 Å². The summed E-state index contributed by atoms with van der Waals surface area (Å²) < 4.78 is 29.3. The fraction of sp³-hybridized carbons (Fsp3) is 0.769. The number of thiazole rings is 1. The van der Waals surface area contributed by atoms with Crippen molar-refractivity contribution in [2.24, 2.45) is 11.8 Å². The summed E-state index contributed by atoms with van der Waals surface area (Å²) >= 11 is 1.44. The van der Waals surface area contributed by atoms with E-state index in [1.165, 1.54) is 11.3 Å². The van der Waals surface area contributed by atoms with Gasteiger partial charge in [0, 0.05) is 37.5 Å². The molecule has 0 aliphatic carbocycles. The monoisotopic (exact) mass is 330 g/mol. The van der Waals surface area contributed by atoms with Crippen molar-refractivity contribution in [3.8, 4) is 0 Å². The Labute approximate surface area is 130 Å². The molecule has 2 unspecified atom stereocenters. The molecule has 0 amide bonds. The van der Waals surface area contributed by atoms with Crippen molar-refractivity contribution in [1.29, 1.82) is 0 Å². The number of rotatable bonds is 3. The van der Waals surface area contributed by atoms with E-state index in [-0.39, 0.29) is 0 Å². The van der Waals surface area contributed by atoms with Gasteiger partial charge < -0.3 is 5.32 Å². The van der Waals surface area contributed by atoms with E-state index in [2.05, 4.69) is 28.9 Å². The second-order valence-electron chi connectivity index (χ2n) is 6.19. The highest BCUT2D eigenvalue weighted by Crippen LogP contribution is 2.28. The first-order valence-corrected chi connectivity index (χ1v) is 9.67. The molecule has 3 rings (SSSR count). The van der Waals surface area contributed by atoms with Crippen molar-refractivity contribution in [3.05, 3.63) is 10.6 Å². The molecule has 0 aromatic carbocycles. The Kier molecular flexibility index (Phi) is 4.22. The maximum atomic E-state index is 12.5. The Morgan fingerprint density at radius 1 is 1.33 bits per heavy atom. The third-order valence-electron chi connectivity index (χ3n) is 3.99. The normalized spacial score (nSPS) is 27.3. The van der Waals surface area contributed by atoms with E-state index in [9.17, 15) is 8.42 Å². The topological polar surface area (TPSA) is 74.3 Å². The first kappa shape index (κ1) is 15.2.